The summed E-state index contributed by atoms with van der Waals surface area (Å²) in [7, 11) is 0. The number of hydrogen-bond acceptors (Lipinski definition) is 4. The minimum absolute atomic E-state index is 0.00923. The molecule has 8 heteroatoms. The number of anilines is 1. The molecule has 1 N–H and O–H groups in total. The van der Waals surface area contributed by atoms with Gasteiger partial charge in [0.05, 0.1) is 15.5 Å². The number of nitro benzene ring substituents is 1. The number of amides is 2. The van der Waals surface area contributed by atoms with E-state index in [-0.39, 0.29) is 22.2 Å². The first kappa shape index (κ1) is 19.4. The van der Waals surface area contributed by atoms with Crippen LogP contribution in [0.5, 0.6) is 0 Å². The van der Waals surface area contributed by atoms with E-state index in [1.807, 2.05) is 13.8 Å². The molecule has 136 valence electrons. The number of non-ortho nitro benzene ring substituents is 1. The number of carbonyl (C=O) groups is 2. The maximum absolute atomic E-state index is 12.3. The Balaban J connectivity index is 2.13. The number of nitrogens with one attached hydrogen (secondary N) is 1. The molecule has 2 aromatic rings. The van der Waals surface area contributed by atoms with Crippen molar-refractivity contribution in [3.05, 3.63) is 68.7 Å². The van der Waals surface area contributed by atoms with Crippen LogP contribution in [0.2, 0.25) is 5.02 Å². The molecule has 0 heterocycles. The molecule has 0 bridgehead atoms. The lowest BCUT2D eigenvalue weighted by Gasteiger charge is -2.18. The van der Waals surface area contributed by atoms with Crippen molar-refractivity contribution in [3.8, 4) is 0 Å². The highest BCUT2D eigenvalue weighted by atomic mass is 35.5. The zero-order chi connectivity index (χ0) is 19.3. The van der Waals surface area contributed by atoms with Crippen molar-refractivity contribution in [1.29, 1.82) is 0 Å². The van der Waals surface area contributed by atoms with E-state index in [0.29, 0.717) is 24.3 Å². The minimum Gasteiger partial charge on any atom is -0.339 e. The first-order valence-corrected chi connectivity index (χ1v) is 8.39. The van der Waals surface area contributed by atoms with Gasteiger partial charge in [-0.1, -0.05) is 11.6 Å². The molecule has 2 aromatic carbocycles. The summed E-state index contributed by atoms with van der Waals surface area (Å²) in [5.41, 5.74) is 0.951. The van der Waals surface area contributed by atoms with E-state index in [4.69, 9.17) is 11.6 Å². The van der Waals surface area contributed by atoms with Gasteiger partial charge < -0.3 is 10.2 Å². The van der Waals surface area contributed by atoms with Gasteiger partial charge in [-0.3, -0.25) is 19.7 Å². The van der Waals surface area contributed by atoms with Crippen LogP contribution in [-0.2, 0) is 0 Å². The van der Waals surface area contributed by atoms with Gasteiger partial charge in [0.25, 0.3) is 17.5 Å². The summed E-state index contributed by atoms with van der Waals surface area (Å²) in [6, 6.07) is 10.1. The van der Waals surface area contributed by atoms with Gasteiger partial charge in [-0.2, -0.15) is 0 Å². The van der Waals surface area contributed by atoms with E-state index >= 15 is 0 Å². The van der Waals surface area contributed by atoms with Crippen LogP contribution in [0.25, 0.3) is 0 Å². The van der Waals surface area contributed by atoms with E-state index < -0.39 is 10.8 Å². The summed E-state index contributed by atoms with van der Waals surface area (Å²) >= 11 is 5.95. The lowest BCUT2D eigenvalue weighted by molar-refractivity contribution is -0.384. The molecular weight excluding hydrogens is 358 g/mol. The lowest BCUT2D eigenvalue weighted by atomic mass is 10.1. The Morgan fingerprint density at radius 3 is 2.23 bits per heavy atom. The molecule has 0 aromatic heterocycles. The van der Waals surface area contributed by atoms with Crippen LogP contribution in [0.4, 0.5) is 11.4 Å². The van der Waals surface area contributed by atoms with Gasteiger partial charge in [-0.05, 0) is 44.2 Å². The average Bonchev–Trinajstić information content (AvgIpc) is 2.62. The van der Waals surface area contributed by atoms with Crippen molar-refractivity contribution in [2.45, 2.75) is 13.8 Å². The van der Waals surface area contributed by atoms with E-state index in [2.05, 4.69) is 5.32 Å². The fraction of sp³-hybridized carbons (Fsp3) is 0.222. The molecule has 0 unspecified atom stereocenters. The Hall–Kier alpha value is -2.93. The highest BCUT2D eigenvalue weighted by molar-refractivity contribution is 6.34. The Bertz CT molecular complexity index is 833. The van der Waals surface area contributed by atoms with Crippen LogP contribution in [0.15, 0.2) is 42.5 Å². The zero-order valence-electron chi connectivity index (χ0n) is 14.4. The highest BCUT2D eigenvalue weighted by Crippen LogP contribution is 2.23. The summed E-state index contributed by atoms with van der Waals surface area (Å²) in [5, 5.41) is 13.4. The van der Waals surface area contributed by atoms with Crippen molar-refractivity contribution in [3.63, 3.8) is 0 Å². The third-order valence-electron chi connectivity index (χ3n) is 3.85. The van der Waals surface area contributed by atoms with Gasteiger partial charge in [0, 0.05) is 36.5 Å². The largest absolute Gasteiger partial charge is 0.339 e. The van der Waals surface area contributed by atoms with Crippen molar-refractivity contribution in [2.24, 2.45) is 0 Å². The van der Waals surface area contributed by atoms with Crippen LogP contribution in [0.1, 0.15) is 34.6 Å². The summed E-state index contributed by atoms with van der Waals surface area (Å²) in [6.45, 7) is 5.05. The molecule has 0 saturated heterocycles. The van der Waals surface area contributed by atoms with E-state index in [9.17, 15) is 19.7 Å². The van der Waals surface area contributed by atoms with Gasteiger partial charge >= 0.3 is 0 Å². The quantitative estimate of drug-likeness (QED) is 0.610. The standard InChI is InChI=1S/C18H18ClN3O4/c1-3-21(4-2)18(24)12-5-7-13(8-6-12)20-17(23)15-10-9-14(22(25)26)11-16(15)19/h5-11H,3-4H2,1-2H3,(H,20,23). The molecule has 26 heavy (non-hydrogen) atoms. The molecule has 0 aliphatic carbocycles. The molecule has 2 rings (SSSR count). The number of carbonyl (C=O) groups excluding carboxylic acids is 2. The molecular formula is C18H18ClN3O4. The van der Waals surface area contributed by atoms with Crippen molar-refractivity contribution in [2.75, 3.05) is 18.4 Å². The van der Waals surface area contributed by atoms with Crippen molar-refractivity contribution < 1.29 is 14.5 Å². The summed E-state index contributed by atoms with van der Waals surface area (Å²) < 4.78 is 0. The third-order valence-corrected chi connectivity index (χ3v) is 4.16. The van der Waals surface area contributed by atoms with Crippen molar-refractivity contribution in [1.82, 2.24) is 4.90 Å². The van der Waals surface area contributed by atoms with Crippen LogP contribution in [0, 0.1) is 10.1 Å². The van der Waals surface area contributed by atoms with Crippen LogP contribution in [-0.4, -0.2) is 34.7 Å². The number of hydrogen-bond donors (Lipinski definition) is 1. The molecule has 7 nitrogen and oxygen atoms in total. The maximum atomic E-state index is 12.3. The van der Waals surface area contributed by atoms with Crippen LogP contribution in [0.3, 0.4) is 0 Å². The predicted octanol–water partition coefficient (Wildman–Crippen LogP) is 3.98. The fourth-order valence-electron chi connectivity index (χ4n) is 2.39. The summed E-state index contributed by atoms with van der Waals surface area (Å²) in [5.74, 6) is -0.570. The van der Waals surface area contributed by atoms with Gasteiger partial charge in [-0.25, -0.2) is 0 Å². The van der Waals surface area contributed by atoms with E-state index in [1.165, 1.54) is 12.1 Å². The smallest absolute Gasteiger partial charge is 0.270 e. The second kappa shape index (κ2) is 8.44. The van der Waals surface area contributed by atoms with Crippen molar-refractivity contribution >= 4 is 34.8 Å². The molecule has 0 atom stereocenters. The van der Waals surface area contributed by atoms with Gasteiger partial charge in [-0.15, -0.1) is 0 Å². The van der Waals surface area contributed by atoms with Gasteiger partial charge in [0.2, 0.25) is 0 Å². The molecule has 0 spiro atoms. The van der Waals surface area contributed by atoms with Crippen LogP contribution < -0.4 is 5.32 Å². The molecule has 0 fully saturated rings. The number of rotatable bonds is 6. The normalized spacial score (nSPS) is 10.3. The third kappa shape index (κ3) is 4.37. The first-order chi connectivity index (χ1) is 12.4. The number of benzene rings is 2. The number of halogens is 1. The second-order valence-electron chi connectivity index (χ2n) is 5.43. The van der Waals surface area contributed by atoms with Crippen LogP contribution >= 0.6 is 11.6 Å². The topological polar surface area (TPSA) is 92.6 Å². The number of nitrogens with zero attached hydrogens (tertiary/aromatic N) is 2. The molecule has 0 aliphatic heterocycles. The predicted molar refractivity (Wildman–Crippen MR) is 99.8 cm³/mol. The molecule has 2 amide bonds. The van der Waals surface area contributed by atoms with E-state index in [1.54, 1.807) is 29.2 Å². The average molecular weight is 376 g/mol. The summed E-state index contributed by atoms with van der Waals surface area (Å²) in [6.07, 6.45) is 0. The monoisotopic (exact) mass is 375 g/mol. The maximum Gasteiger partial charge on any atom is 0.270 e. The minimum atomic E-state index is -0.584. The molecule has 0 radical (unpaired) electrons. The Kier molecular flexibility index (Phi) is 6.30. The number of nitro groups is 1. The second-order valence-corrected chi connectivity index (χ2v) is 5.84. The first-order valence-electron chi connectivity index (χ1n) is 8.02. The molecule has 0 saturated carbocycles. The lowest BCUT2D eigenvalue weighted by Crippen LogP contribution is -2.30. The highest BCUT2D eigenvalue weighted by Gasteiger charge is 2.16. The Morgan fingerprint density at radius 1 is 1.12 bits per heavy atom. The summed E-state index contributed by atoms with van der Waals surface area (Å²) in [4.78, 5) is 36.4. The van der Waals surface area contributed by atoms with Gasteiger partial charge in [0.15, 0.2) is 0 Å². The Labute approximate surface area is 155 Å². The zero-order valence-corrected chi connectivity index (χ0v) is 15.1. The van der Waals surface area contributed by atoms with Gasteiger partial charge in [0.1, 0.15) is 0 Å². The Morgan fingerprint density at radius 2 is 1.73 bits per heavy atom. The fourth-order valence-corrected chi connectivity index (χ4v) is 2.65. The molecule has 0 aliphatic rings. The van der Waals surface area contributed by atoms with E-state index in [0.717, 1.165) is 6.07 Å². The SMILES string of the molecule is CCN(CC)C(=O)c1ccc(NC(=O)c2ccc([N+](=O)[O-])cc2Cl)cc1.